The first-order valence-corrected chi connectivity index (χ1v) is 15.0. The van der Waals surface area contributed by atoms with Crippen LogP contribution in [0.25, 0.3) is 22.8 Å². The number of alkyl halides is 3. The largest absolute Gasteiger partial charge is 0.458 e. The molecule has 2 aromatic heterocycles. The van der Waals surface area contributed by atoms with E-state index in [1.165, 1.54) is 34.7 Å². The van der Waals surface area contributed by atoms with Crippen molar-refractivity contribution in [1.29, 1.82) is 5.26 Å². The smallest absolute Gasteiger partial charge is 0.416 e. The maximum absolute atomic E-state index is 14.0. The highest BCUT2D eigenvalue weighted by Crippen LogP contribution is 2.32. The second-order valence-electron chi connectivity index (χ2n) is 12.6. The maximum atomic E-state index is 14.0. The fourth-order valence-electron chi connectivity index (χ4n) is 5.77. The number of nitrogens with zero attached hydrogens (tertiary/aromatic N) is 6. The van der Waals surface area contributed by atoms with E-state index >= 15 is 0 Å². The highest BCUT2D eigenvalue weighted by atomic mass is 19.4. The van der Waals surface area contributed by atoms with Gasteiger partial charge in [0.15, 0.2) is 6.54 Å². The molecule has 0 aliphatic heterocycles. The number of carbonyl (C=O) groups excluding carboxylic acids is 2. The minimum absolute atomic E-state index is 0.0757. The molecule has 1 aliphatic rings. The number of aromatic nitrogens is 4. The molecule has 0 saturated heterocycles. The number of hydrogen-bond donors (Lipinski definition) is 1. The number of nitrogens with one attached hydrogen (secondary N) is 1. The number of esters is 1. The molecule has 0 bridgehead atoms. The van der Waals surface area contributed by atoms with Gasteiger partial charge in [0.05, 0.1) is 61.6 Å². The van der Waals surface area contributed by atoms with Gasteiger partial charge < -0.3 is 14.5 Å². The van der Waals surface area contributed by atoms with Crippen LogP contribution in [-0.2, 0) is 22.8 Å². The molecule has 4 aromatic rings. The molecule has 0 atom stereocenters. The van der Waals surface area contributed by atoms with Crippen LogP contribution in [0.4, 0.5) is 13.2 Å². The number of carbonyl (C=O) groups is 2. The Morgan fingerprint density at radius 2 is 1.72 bits per heavy atom. The summed E-state index contributed by atoms with van der Waals surface area (Å²) < 4.78 is 50.8. The molecule has 47 heavy (non-hydrogen) atoms. The lowest BCUT2D eigenvalue weighted by atomic mass is 9.92. The van der Waals surface area contributed by atoms with Crippen molar-refractivity contribution >= 4 is 11.9 Å². The van der Waals surface area contributed by atoms with Gasteiger partial charge in [0.2, 0.25) is 0 Å². The van der Waals surface area contributed by atoms with Crippen LogP contribution in [0.1, 0.15) is 47.2 Å². The molecule has 1 amide bonds. The molecule has 1 aliphatic carbocycles. The van der Waals surface area contributed by atoms with E-state index in [4.69, 9.17) is 4.74 Å². The van der Waals surface area contributed by atoms with E-state index in [0.29, 0.717) is 47.1 Å². The molecule has 5 rings (SSSR count). The van der Waals surface area contributed by atoms with Crippen molar-refractivity contribution in [1.82, 2.24) is 24.5 Å². The van der Waals surface area contributed by atoms with Gasteiger partial charge in [0.1, 0.15) is 17.4 Å². The Hall–Kier alpha value is -5.16. The zero-order valence-electron chi connectivity index (χ0n) is 26.4. The van der Waals surface area contributed by atoms with Crippen LogP contribution in [-0.4, -0.2) is 75.3 Å². The zero-order chi connectivity index (χ0) is 34.1. The summed E-state index contributed by atoms with van der Waals surface area (Å²) in [6.07, 6.45) is -1.41. The zero-order valence-corrected chi connectivity index (χ0v) is 26.4. The van der Waals surface area contributed by atoms with E-state index in [9.17, 15) is 32.8 Å². The summed E-state index contributed by atoms with van der Waals surface area (Å²) in [4.78, 5) is 40.3. The number of ether oxygens (including phenoxy) is 1. The highest BCUT2D eigenvalue weighted by molar-refractivity contribution is 6.00. The van der Waals surface area contributed by atoms with Crippen molar-refractivity contribution in [2.45, 2.75) is 44.0 Å². The van der Waals surface area contributed by atoms with Crippen molar-refractivity contribution < 1.29 is 32.0 Å². The number of benzene rings is 2. The minimum atomic E-state index is -4.65. The molecule has 1 N–H and O–H groups in total. The molecule has 2 heterocycles. The lowest BCUT2D eigenvalue weighted by molar-refractivity contribution is -0.862. The Bertz CT molecular complexity index is 1880. The first-order valence-electron chi connectivity index (χ1n) is 15.0. The quantitative estimate of drug-likeness (QED) is 0.225. The van der Waals surface area contributed by atoms with Crippen molar-refractivity contribution in [2.24, 2.45) is 7.05 Å². The van der Waals surface area contributed by atoms with Gasteiger partial charge in [-0.25, -0.2) is 14.2 Å². The van der Waals surface area contributed by atoms with Gasteiger partial charge in [0, 0.05) is 13.1 Å². The molecule has 246 valence electrons. The average molecular weight is 651 g/mol. The van der Waals surface area contributed by atoms with Crippen molar-refractivity contribution in [2.75, 3.05) is 27.7 Å². The highest BCUT2D eigenvalue weighted by Gasteiger charge is 2.34. The van der Waals surface area contributed by atoms with Gasteiger partial charge in [-0.1, -0.05) is 6.07 Å². The molecule has 2 aromatic carbocycles. The number of nitriles is 1. The third kappa shape index (κ3) is 7.30. The standard InChI is InChI=1S/C33H34F3N7O4/c1-40-30(27-16-17-38-41(27)24-12-8-21(19-37)9-13-24)29(32(46)42(40)25-7-5-6-22(18-25)33(34,35)36)31(45)39-23-10-14-26(15-11-23)47-28(44)20-43(2,3)4/h5-9,12-13,16-18,23,26H,10-11,14-15,20H2,1-4H3/p+1. The molecular formula is C33H35F3N7O4+. The van der Waals surface area contributed by atoms with Crippen molar-refractivity contribution in [3.05, 3.63) is 87.8 Å². The van der Waals surface area contributed by atoms with E-state index in [2.05, 4.69) is 10.4 Å². The van der Waals surface area contributed by atoms with Gasteiger partial charge in [0.25, 0.3) is 11.5 Å². The Kier molecular flexibility index (Phi) is 9.13. The average Bonchev–Trinajstić information content (AvgIpc) is 3.58. The molecule has 1 fully saturated rings. The van der Waals surface area contributed by atoms with E-state index in [1.54, 1.807) is 30.3 Å². The van der Waals surface area contributed by atoms with Gasteiger partial charge in [-0.3, -0.25) is 14.3 Å². The second kappa shape index (κ2) is 12.9. The second-order valence-corrected chi connectivity index (χ2v) is 12.6. The van der Waals surface area contributed by atoms with Crippen LogP contribution < -0.4 is 10.9 Å². The predicted molar refractivity (Wildman–Crippen MR) is 166 cm³/mol. The van der Waals surface area contributed by atoms with Gasteiger partial charge in [-0.15, -0.1) is 0 Å². The first-order chi connectivity index (χ1) is 22.2. The third-order valence-corrected chi connectivity index (χ3v) is 7.95. The minimum Gasteiger partial charge on any atom is -0.458 e. The molecular weight excluding hydrogens is 615 g/mol. The predicted octanol–water partition coefficient (Wildman–Crippen LogP) is 4.21. The normalized spacial score (nSPS) is 16.8. The Balaban J connectivity index is 1.50. The summed E-state index contributed by atoms with van der Waals surface area (Å²) in [5, 5.41) is 16.5. The number of halogens is 3. The molecule has 14 heteroatoms. The fraction of sp³-hybridized carbons (Fsp3) is 0.364. The van der Waals surface area contributed by atoms with Crippen LogP contribution >= 0.6 is 0 Å². The first kappa shape index (κ1) is 33.2. The number of hydrogen-bond acceptors (Lipinski definition) is 6. The summed E-state index contributed by atoms with van der Waals surface area (Å²) >= 11 is 0. The van der Waals surface area contributed by atoms with Crippen molar-refractivity contribution in [3.8, 4) is 28.8 Å². The maximum Gasteiger partial charge on any atom is 0.416 e. The summed E-state index contributed by atoms with van der Waals surface area (Å²) in [6.45, 7) is 0.227. The number of rotatable bonds is 8. The van der Waals surface area contributed by atoms with E-state index < -0.39 is 23.2 Å². The topological polar surface area (TPSA) is 124 Å². The Labute approximate surface area is 269 Å². The van der Waals surface area contributed by atoms with Crippen LogP contribution in [0, 0.1) is 11.3 Å². The molecule has 11 nitrogen and oxygen atoms in total. The van der Waals surface area contributed by atoms with Crippen LogP contribution in [0.3, 0.4) is 0 Å². The molecule has 0 spiro atoms. The lowest BCUT2D eigenvalue weighted by Gasteiger charge is -2.30. The lowest BCUT2D eigenvalue weighted by Crippen LogP contribution is -2.43. The van der Waals surface area contributed by atoms with E-state index in [-0.39, 0.29) is 41.6 Å². The third-order valence-electron chi connectivity index (χ3n) is 7.95. The monoisotopic (exact) mass is 650 g/mol. The molecule has 1 saturated carbocycles. The molecule has 0 radical (unpaired) electrons. The molecule has 0 unspecified atom stereocenters. The van der Waals surface area contributed by atoms with Crippen LogP contribution in [0.15, 0.2) is 65.6 Å². The van der Waals surface area contributed by atoms with E-state index in [1.807, 2.05) is 27.2 Å². The number of amides is 1. The number of quaternary nitrogens is 1. The Morgan fingerprint density at radius 3 is 2.34 bits per heavy atom. The SMILES string of the molecule is Cn1c(-c2ccnn2-c2ccc(C#N)cc2)c(C(=O)NC2CCC(OC(=O)C[N+](C)(C)C)CC2)c(=O)n1-c1cccc(C(F)(F)F)c1. The summed E-state index contributed by atoms with van der Waals surface area (Å²) in [7, 11) is 7.16. The summed E-state index contributed by atoms with van der Waals surface area (Å²) in [5.41, 5.74) is -0.680. The Morgan fingerprint density at radius 1 is 1.04 bits per heavy atom. The van der Waals surface area contributed by atoms with Gasteiger partial charge in [-0.2, -0.15) is 23.5 Å². The summed E-state index contributed by atoms with van der Waals surface area (Å²) in [5.74, 6) is -0.989. The van der Waals surface area contributed by atoms with Crippen LogP contribution in [0.5, 0.6) is 0 Å². The van der Waals surface area contributed by atoms with Gasteiger partial charge >= 0.3 is 12.1 Å². The van der Waals surface area contributed by atoms with Crippen molar-refractivity contribution in [3.63, 3.8) is 0 Å². The van der Waals surface area contributed by atoms with E-state index in [0.717, 1.165) is 16.8 Å². The number of likely N-dealkylation sites (N-methyl/N-ethyl adjacent to an activating group) is 1. The van der Waals surface area contributed by atoms with Crippen LogP contribution in [0.2, 0.25) is 0 Å². The van der Waals surface area contributed by atoms with Gasteiger partial charge in [-0.05, 0) is 74.2 Å². The summed E-state index contributed by atoms with van der Waals surface area (Å²) in [6, 6.07) is 14.1. The fourth-order valence-corrected chi connectivity index (χ4v) is 5.77.